The average Bonchev–Trinajstić information content (AvgIpc) is 3.16. The molecule has 0 radical (unpaired) electrons. The number of nitrogen functional groups attached to an aromatic ring is 1. The lowest BCUT2D eigenvalue weighted by atomic mass is 10.3. The zero-order chi connectivity index (χ0) is 11.8. The Bertz CT molecular complexity index is 415. The molecule has 1 aromatic rings. The molecule has 0 unspecified atom stereocenters. The summed E-state index contributed by atoms with van der Waals surface area (Å²) < 4.78 is 5.15. The van der Waals surface area contributed by atoms with Crippen molar-refractivity contribution in [1.82, 2.24) is 9.97 Å². The van der Waals surface area contributed by atoms with E-state index in [2.05, 4.69) is 14.9 Å². The van der Waals surface area contributed by atoms with Gasteiger partial charge in [0, 0.05) is 18.7 Å². The SMILES string of the molecule is COc1cc(N(CC2CC2)C2CC2)nc(N)n1. The maximum Gasteiger partial charge on any atom is 0.225 e. The molecule has 5 nitrogen and oxygen atoms in total. The number of nitrogens with two attached hydrogens (primary N) is 1. The fraction of sp³-hybridized carbons (Fsp3) is 0.667. The number of ether oxygens (including phenoxy) is 1. The number of rotatable bonds is 5. The number of hydrogen-bond acceptors (Lipinski definition) is 5. The molecule has 2 aliphatic carbocycles. The third-order valence-electron chi connectivity index (χ3n) is 3.35. The molecule has 5 heteroatoms. The molecule has 0 spiro atoms. The number of nitrogens with zero attached hydrogens (tertiary/aromatic N) is 3. The Hall–Kier alpha value is -1.52. The molecular formula is C12H18N4O. The summed E-state index contributed by atoms with van der Waals surface area (Å²) in [6.45, 7) is 1.10. The van der Waals surface area contributed by atoms with Gasteiger partial charge in [-0.3, -0.25) is 0 Å². The largest absolute Gasteiger partial charge is 0.481 e. The Kier molecular flexibility index (Phi) is 2.53. The first kappa shape index (κ1) is 10.6. The molecule has 0 saturated heterocycles. The van der Waals surface area contributed by atoms with E-state index in [0.717, 1.165) is 18.3 Å². The van der Waals surface area contributed by atoms with Crippen LogP contribution in [0.2, 0.25) is 0 Å². The monoisotopic (exact) mass is 234 g/mol. The molecule has 2 fully saturated rings. The summed E-state index contributed by atoms with van der Waals surface area (Å²) >= 11 is 0. The van der Waals surface area contributed by atoms with Gasteiger partial charge in [0.25, 0.3) is 0 Å². The molecule has 92 valence electrons. The molecule has 1 heterocycles. The van der Waals surface area contributed by atoms with E-state index < -0.39 is 0 Å². The first-order chi connectivity index (χ1) is 8.26. The third-order valence-corrected chi connectivity index (χ3v) is 3.35. The summed E-state index contributed by atoms with van der Waals surface area (Å²) in [6, 6.07) is 2.53. The van der Waals surface area contributed by atoms with Crippen LogP contribution in [0, 0.1) is 5.92 Å². The third kappa shape index (κ3) is 2.43. The van der Waals surface area contributed by atoms with Gasteiger partial charge in [-0.05, 0) is 31.6 Å². The number of anilines is 2. The topological polar surface area (TPSA) is 64.3 Å². The van der Waals surface area contributed by atoms with Crippen molar-refractivity contribution >= 4 is 11.8 Å². The first-order valence-electron chi connectivity index (χ1n) is 6.21. The molecule has 0 bridgehead atoms. The number of hydrogen-bond donors (Lipinski definition) is 1. The van der Waals surface area contributed by atoms with Crippen LogP contribution in [-0.4, -0.2) is 29.7 Å². The van der Waals surface area contributed by atoms with Gasteiger partial charge in [-0.25, -0.2) is 0 Å². The highest BCUT2D eigenvalue weighted by Gasteiger charge is 2.34. The molecule has 3 rings (SSSR count). The van der Waals surface area contributed by atoms with Crippen LogP contribution < -0.4 is 15.4 Å². The van der Waals surface area contributed by atoms with Gasteiger partial charge in [-0.2, -0.15) is 9.97 Å². The standard InChI is InChI=1S/C12H18N4O/c1-17-11-6-10(14-12(13)15-11)16(9-4-5-9)7-8-2-3-8/h6,8-9H,2-5,7H2,1H3,(H2,13,14,15). The minimum absolute atomic E-state index is 0.292. The number of methoxy groups -OCH3 is 1. The van der Waals surface area contributed by atoms with E-state index in [0.29, 0.717) is 17.9 Å². The zero-order valence-electron chi connectivity index (χ0n) is 10.1. The van der Waals surface area contributed by atoms with Crippen LogP contribution in [0.25, 0.3) is 0 Å². The first-order valence-corrected chi connectivity index (χ1v) is 6.21. The van der Waals surface area contributed by atoms with Crippen molar-refractivity contribution < 1.29 is 4.74 Å². The van der Waals surface area contributed by atoms with E-state index in [4.69, 9.17) is 10.5 Å². The van der Waals surface area contributed by atoms with E-state index in [9.17, 15) is 0 Å². The van der Waals surface area contributed by atoms with E-state index >= 15 is 0 Å². The fourth-order valence-corrected chi connectivity index (χ4v) is 2.08. The lowest BCUT2D eigenvalue weighted by Crippen LogP contribution is -2.29. The van der Waals surface area contributed by atoms with Gasteiger partial charge in [-0.1, -0.05) is 0 Å². The van der Waals surface area contributed by atoms with Gasteiger partial charge in [0.05, 0.1) is 7.11 Å². The molecule has 0 aromatic carbocycles. The summed E-state index contributed by atoms with van der Waals surface area (Å²) in [6.07, 6.45) is 5.22. The van der Waals surface area contributed by atoms with Crippen LogP contribution in [0.15, 0.2) is 6.07 Å². The van der Waals surface area contributed by atoms with Gasteiger partial charge < -0.3 is 15.4 Å². The summed E-state index contributed by atoms with van der Waals surface area (Å²) in [5, 5.41) is 0. The van der Waals surface area contributed by atoms with Crippen LogP contribution in [0.1, 0.15) is 25.7 Å². The molecule has 17 heavy (non-hydrogen) atoms. The molecule has 1 aromatic heterocycles. The second-order valence-corrected chi connectivity index (χ2v) is 4.95. The maximum atomic E-state index is 5.71. The molecule has 2 aliphatic rings. The van der Waals surface area contributed by atoms with Crippen molar-refractivity contribution in [1.29, 1.82) is 0 Å². The molecule has 0 atom stereocenters. The lowest BCUT2D eigenvalue weighted by Gasteiger charge is -2.23. The minimum atomic E-state index is 0.292. The maximum absolute atomic E-state index is 5.71. The predicted molar refractivity (Wildman–Crippen MR) is 66.1 cm³/mol. The highest BCUT2D eigenvalue weighted by molar-refractivity contribution is 5.47. The second-order valence-electron chi connectivity index (χ2n) is 4.95. The lowest BCUT2D eigenvalue weighted by molar-refractivity contribution is 0.397. The van der Waals surface area contributed by atoms with Crippen molar-refractivity contribution in [2.75, 3.05) is 24.3 Å². The van der Waals surface area contributed by atoms with Gasteiger partial charge in [-0.15, -0.1) is 0 Å². The summed E-state index contributed by atoms with van der Waals surface area (Å²) in [5.74, 6) is 2.61. The van der Waals surface area contributed by atoms with E-state index in [1.54, 1.807) is 7.11 Å². The normalized spacial score (nSPS) is 19.1. The molecular weight excluding hydrogens is 216 g/mol. The summed E-state index contributed by atoms with van der Waals surface area (Å²) in [7, 11) is 1.61. The van der Waals surface area contributed by atoms with Crippen molar-refractivity contribution in [3.63, 3.8) is 0 Å². The Morgan fingerprint density at radius 2 is 2.12 bits per heavy atom. The van der Waals surface area contributed by atoms with Crippen LogP contribution in [0.3, 0.4) is 0 Å². The molecule has 2 N–H and O–H groups in total. The van der Waals surface area contributed by atoms with Crippen molar-refractivity contribution in [3.8, 4) is 5.88 Å². The Labute approximate surface area is 101 Å². The predicted octanol–water partition coefficient (Wildman–Crippen LogP) is 1.45. The van der Waals surface area contributed by atoms with E-state index in [1.165, 1.54) is 25.7 Å². The van der Waals surface area contributed by atoms with Gasteiger partial charge >= 0.3 is 0 Å². The van der Waals surface area contributed by atoms with Crippen LogP contribution >= 0.6 is 0 Å². The van der Waals surface area contributed by atoms with Gasteiger partial charge in [0.15, 0.2) is 0 Å². The highest BCUT2D eigenvalue weighted by Crippen LogP contribution is 2.37. The Morgan fingerprint density at radius 3 is 2.71 bits per heavy atom. The van der Waals surface area contributed by atoms with E-state index in [-0.39, 0.29) is 0 Å². The minimum Gasteiger partial charge on any atom is -0.481 e. The summed E-state index contributed by atoms with van der Waals surface area (Å²) in [4.78, 5) is 10.7. The van der Waals surface area contributed by atoms with Crippen LogP contribution in [-0.2, 0) is 0 Å². The molecule has 0 amide bonds. The van der Waals surface area contributed by atoms with Crippen molar-refractivity contribution in [2.24, 2.45) is 5.92 Å². The summed E-state index contributed by atoms with van der Waals surface area (Å²) in [5.41, 5.74) is 5.71. The smallest absolute Gasteiger partial charge is 0.225 e. The van der Waals surface area contributed by atoms with Crippen molar-refractivity contribution in [3.05, 3.63) is 6.07 Å². The quantitative estimate of drug-likeness (QED) is 0.835. The molecule has 2 saturated carbocycles. The molecule has 0 aliphatic heterocycles. The Balaban J connectivity index is 1.85. The van der Waals surface area contributed by atoms with Gasteiger partial charge in [0.1, 0.15) is 5.82 Å². The number of aromatic nitrogens is 2. The Morgan fingerprint density at radius 1 is 1.35 bits per heavy atom. The average molecular weight is 234 g/mol. The van der Waals surface area contributed by atoms with E-state index in [1.807, 2.05) is 6.07 Å². The highest BCUT2D eigenvalue weighted by atomic mass is 16.5. The van der Waals surface area contributed by atoms with Crippen LogP contribution in [0.4, 0.5) is 11.8 Å². The van der Waals surface area contributed by atoms with Gasteiger partial charge in [0.2, 0.25) is 11.8 Å². The fourth-order valence-electron chi connectivity index (χ4n) is 2.08. The van der Waals surface area contributed by atoms with Crippen molar-refractivity contribution in [2.45, 2.75) is 31.7 Å². The zero-order valence-corrected chi connectivity index (χ0v) is 10.1. The second kappa shape index (κ2) is 4.05. The van der Waals surface area contributed by atoms with Crippen LogP contribution in [0.5, 0.6) is 5.88 Å².